The summed E-state index contributed by atoms with van der Waals surface area (Å²) in [5.41, 5.74) is 0. The van der Waals surface area contributed by atoms with Gasteiger partial charge in [0.25, 0.3) is 0 Å². The largest absolute Gasteiger partial charge is 0.357 e. The molecule has 0 saturated carbocycles. The number of hydrogen-bond acceptors (Lipinski definition) is 4. The van der Waals surface area contributed by atoms with Gasteiger partial charge in [-0.15, -0.1) is 5.10 Å². The second kappa shape index (κ2) is 5.34. The highest BCUT2D eigenvalue weighted by atomic mass is 32.1. The summed E-state index contributed by atoms with van der Waals surface area (Å²) in [6, 6.07) is 0.527. The van der Waals surface area contributed by atoms with Gasteiger partial charge in [-0.1, -0.05) is 31.6 Å². The van der Waals surface area contributed by atoms with Crippen molar-refractivity contribution in [1.29, 1.82) is 0 Å². The van der Waals surface area contributed by atoms with E-state index in [-0.39, 0.29) is 0 Å². The van der Waals surface area contributed by atoms with Crippen LogP contribution in [-0.4, -0.2) is 16.2 Å². The van der Waals surface area contributed by atoms with Crippen LogP contribution in [-0.2, 0) is 0 Å². The molecule has 0 aromatic carbocycles. The Labute approximate surface area is 87.6 Å². The van der Waals surface area contributed by atoms with Crippen molar-refractivity contribution in [3.05, 3.63) is 3.95 Å². The SMILES string of the molecule is CCCC(CC)Nc1n[nH]c(=S)s1. The fraction of sp³-hybridized carbons (Fsp3) is 0.750. The lowest BCUT2D eigenvalue weighted by atomic mass is 10.1. The fourth-order valence-corrected chi connectivity index (χ4v) is 2.06. The molecule has 1 rings (SSSR count). The molecular formula is C8H15N3S2. The highest BCUT2D eigenvalue weighted by molar-refractivity contribution is 7.73. The maximum absolute atomic E-state index is 4.95. The van der Waals surface area contributed by atoms with Crippen LogP contribution >= 0.6 is 23.6 Å². The second-order valence-corrected chi connectivity index (χ2v) is 4.62. The van der Waals surface area contributed by atoms with Crippen LogP contribution in [0.15, 0.2) is 0 Å². The minimum Gasteiger partial charge on any atom is -0.357 e. The van der Waals surface area contributed by atoms with E-state index in [2.05, 4.69) is 29.4 Å². The molecule has 5 heteroatoms. The molecule has 1 aromatic rings. The number of hydrogen-bond donors (Lipinski definition) is 2. The minimum atomic E-state index is 0.527. The number of H-pyrrole nitrogens is 1. The van der Waals surface area contributed by atoms with E-state index < -0.39 is 0 Å². The van der Waals surface area contributed by atoms with Crippen molar-refractivity contribution in [2.24, 2.45) is 0 Å². The van der Waals surface area contributed by atoms with Crippen molar-refractivity contribution in [2.75, 3.05) is 5.32 Å². The van der Waals surface area contributed by atoms with E-state index in [1.807, 2.05) is 0 Å². The number of anilines is 1. The molecule has 13 heavy (non-hydrogen) atoms. The van der Waals surface area contributed by atoms with Crippen LogP contribution < -0.4 is 5.32 Å². The highest BCUT2D eigenvalue weighted by Crippen LogP contribution is 2.15. The fourth-order valence-electron chi connectivity index (χ4n) is 1.19. The van der Waals surface area contributed by atoms with E-state index in [0.717, 1.165) is 15.5 Å². The monoisotopic (exact) mass is 217 g/mol. The summed E-state index contributed by atoms with van der Waals surface area (Å²) in [5.74, 6) is 0. The van der Waals surface area contributed by atoms with Crippen molar-refractivity contribution >= 4 is 28.7 Å². The molecule has 0 amide bonds. The molecule has 3 nitrogen and oxygen atoms in total. The Morgan fingerprint density at radius 2 is 2.38 bits per heavy atom. The second-order valence-electron chi connectivity index (χ2n) is 2.96. The molecule has 74 valence electrons. The lowest BCUT2D eigenvalue weighted by molar-refractivity contribution is 0.621. The molecule has 1 heterocycles. The topological polar surface area (TPSA) is 40.7 Å². The molecule has 0 aliphatic rings. The van der Waals surface area contributed by atoms with Crippen LogP contribution in [0, 0.1) is 3.95 Å². The Morgan fingerprint density at radius 1 is 1.62 bits per heavy atom. The third kappa shape index (κ3) is 3.44. The van der Waals surface area contributed by atoms with Gasteiger partial charge < -0.3 is 5.32 Å². The molecule has 1 unspecified atom stereocenters. The third-order valence-corrected chi connectivity index (χ3v) is 2.92. The standard InChI is InChI=1S/C8H15N3S2/c1-3-5-6(4-2)9-7-10-11-8(12)13-7/h6H,3-5H2,1-2H3,(H,9,10)(H,11,12). The van der Waals surface area contributed by atoms with E-state index in [0.29, 0.717) is 6.04 Å². The first-order valence-electron chi connectivity index (χ1n) is 4.58. The summed E-state index contributed by atoms with van der Waals surface area (Å²) in [5, 5.41) is 11.1. The zero-order chi connectivity index (χ0) is 9.68. The summed E-state index contributed by atoms with van der Waals surface area (Å²) in [6.45, 7) is 4.37. The number of aromatic amines is 1. The van der Waals surface area contributed by atoms with Crippen LogP contribution in [0.5, 0.6) is 0 Å². The van der Waals surface area contributed by atoms with E-state index in [9.17, 15) is 0 Å². The summed E-state index contributed by atoms with van der Waals surface area (Å²) in [6.07, 6.45) is 3.50. The molecule has 0 saturated heterocycles. The van der Waals surface area contributed by atoms with Crippen LogP contribution in [0.25, 0.3) is 0 Å². The summed E-state index contributed by atoms with van der Waals surface area (Å²) < 4.78 is 0.730. The van der Waals surface area contributed by atoms with Gasteiger partial charge in [0.2, 0.25) is 5.13 Å². The first-order valence-corrected chi connectivity index (χ1v) is 5.80. The number of nitrogens with zero attached hydrogens (tertiary/aromatic N) is 1. The molecular weight excluding hydrogens is 202 g/mol. The maximum atomic E-state index is 4.95. The molecule has 0 bridgehead atoms. The minimum absolute atomic E-state index is 0.527. The Kier molecular flexibility index (Phi) is 4.38. The van der Waals surface area contributed by atoms with E-state index in [4.69, 9.17) is 12.2 Å². The average molecular weight is 217 g/mol. The quantitative estimate of drug-likeness (QED) is 0.744. The van der Waals surface area contributed by atoms with Crippen molar-refractivity contribution in [3.63, 3.8) is 0 Å². The number of nitrogens with one attached hydrogen (secondary N) is 2. The van der Waals surface area contributed by atoms with Gasteiger partial charge in [-0.05, 0) is 25.1 Å². The first-order chi connectivity index (χ1) is 6.26. The van der Waals surface area contributed by atoms with Gasteiger partial charge in [0.1, 0.15) is 0 Å². The zero-order valence-corrected chi connectivity index (χ0v) is 9.60. The lowest BCUT2D eigenvalue weighted by Crippen LogP contribution is -2.17. The number of rotatable bonds is 5. The smallest absolute Gasteiger partial charge is 0.204 e. The van der Waals surface area contributed by atoms with Crippen LogP contribution in [0.3, 0.4) is 0 Å². The van der Waals surface area contributed by atoms with E-state index in [1.165, 1.54) is 24.2 Å². The molecule has 0 fully saturated rings. The van der Waals surface area contributed by atoms with E-state index >= 15 is 0 Å². The van der Waals surface area contributed by atoms with Gasteiger partial charge in [0.15, 0.2) is 3.95 Å². The summed E-state index contributed by atoms with van der Waals surface area (Å²) in [4.78, 5) is 0. The van der Waals surface area contributed by atoms with Crippen molar-refractivity contribution in [1.82, 2.24) is 10.2 Å². The lowest BCUT2D eigenvalue weighted by Gasteiger charge is -2.13. The molecule has 0 aliphatic heterocycles. The van der Waals surface area contributed by atoms with Gasteiger partial charge in [-0.2, -0.15) is 0 Å². The van der Waals surface area contributed by atoms with Gasteiger partial charge in [-0.25, -0.2) is 0 Å². The Bertz CT molecular complexity index is 292. The van der Waals surface area contributed by atoms with Crippen molar-refractivity contribution in [2.45, 2.75) is 39.2 Å². The molecule has 1 atom stereocenters. The first kappa shape index (κ1) is 10.7. The van der Waals surface area contributed by atoms with Crippen molar-refractivity contribution in [3.8, 4) is 0 Å². The van der Waals surface area contributed by atoms with Gasteiger partial charge in [-0.3, -0.25) is 5.10 Å². The Balaban J connectivity index is 2.51. The predicted molar refractivity (Wildman–Crippen MR) is 59.9 cm³/mol. The normalized spacial score (nSPS) is 12.8. The predicted octanol–water partition coefficient (Wildman–Crippen LogP) is 3.19. The molecule has 2 N–H and O–H groups in total. The molecule has 0 radical (unpaired) electrons. The zero-order valence-electron chi connectivity index (χ0n) is 7.96. The van der Waals surface area contributed by atoms with Crippen molar-refractivity contribution < 1.29 is 0 Å². The molecule has 0 aliphatic carbocycles. The van der Waals surface area contributed by atoms with Crippen LogP contribution in [0.4, 0.5) is 5.13 Å². The Hall–Kier alpha value is -0.420. The maximum Gasteiger partial charge on any atom is 0.204 e. The van der Waals surface area contributed by atoms with E-state index in [1.54, 1.807) is 0 Å². The van der Waals surface area contributed by atoms with Gasteiger partial charge in [0.05, 0.1) is 0 Å². The molecule has 0 spiro atoms. The summed E-state index contributed by atoms with van der Waals surface area (Å²) >= 11 is 6.44. The van der Waals surface area contributed by atoms with Crippen LogP contribution in [0.2, 0.25) is 0 Å². The molecule has 1 aromatic heterocycles. The average Bonchev–Trinajstić information content (AvgIpc) is 2.50. The Morgan fingerprint density at radius 3 is 2.85 bits per heavy atom. The van der Waals surface area contributed by atoms with Gasteiger partial charge in [0, 0.05) is 6.04 Å². The van der Waals surface area contributed by atoms with Crippen LogP contribution in [0.1, 0.15) is 33.1 Å². The highest BCUT2D eigenvalue weighted by Gasteiger charge is 2.06. The van der Waals surface area contributed by atoms with Gasteiger partial charge >= 0.3 is 0 Å². The number of aromatic nitrogens is 2. The third-order valence-electron chi connectivity index (χ3n) is 1.90. The summed E-state index contributed by atoms with van der Waals surface area (Å²) in [7, 11) is 0.